The molecule has 5 heteroatoms. The fourth-order valence-corrected chi connectivity index (χ4v) is 3.71. The zero-order valence-corrected chi connectivity index (χ0v) is 10.0. The molecule has 3 unspecified atom stereocenters. The van der Waals surface area contributed by atoms with Crippen molar-refractivity contribution in [2.24, 2.45) is 11.3 Å². The van der Waals surface area contributed by atoms with Crippen LogP contribution in [0, 0.1) is 11.3 Å². The highest BCUT2D eigenvalue weighted by atomic mass is 32.2. The SMILES string of the molecule is CCC1CC1(C)C(O)NS(=O)(=O)C1CC1. The van der Waals surface area contributed by atoms with E-state index in [1.807, 2.05) is 6.92 Å². The molecule has 0 aromatic carbocycles. The Morgan fingerprint density at radius 1 is 1.53 bits per heavy atom. The van der Waals surface area contributed by atoms with Crippen LogP contribution < -0.4 is 4.72 Å². The summed E-state index contributed by atoms with van der Waals surface area (Å²) in [5, 5.41) is 9.62. The molecule has 0 amide bonds. The molecule has 0 bridgehead atoms. The van der Waals surface area contributed by atoms with E-state index in [1.54, 1.807) is 0 Å². The third kappa shape index (κ3) is 2.05. The van der Waals surface area contributed by atoms with E-state index in [2.05, 4.69) is 11.6 Å². The molecule has 0 aromatic rings. The number of sulfonamides is 1. The summed E-state index contributed by atoms with van der Waals surface area (Å²) < 4.78 is 25.6. The van der Waals surface area contributed by atoms with Gasteiger partial charge in [0.25, 0.3) is 0 Å². The summed E-state index contributed by atoms with van der Waals surface area (Å²) in [4.78, 5) is 0. The van der Waals surface area contributed by atoms with Crippen molar-refractivity contribution in [1.29, 1.82) is 0 Å². The Kier molecular flexibility index (Phi) is 2.60. The standard InChI is InChI=1S/C10H19NO3S/c1-3-7-6-10(7,2)9(12)11-15(13,14)8-4-5-8/h7-9,11-12H,3-6H2,1-2H3. The molecular formula is C10H19NO3S. The minimum absolute atomic E-state index is 0.239. The number of hydrogen-bond acceptors (Lipinski definition) is 3. The molecule has 0 aromatic heterocycles. The van der Waals surface area contributed by atoms with Gasteiger partial charge in [0.05, 0.1) is 5.25 Å². The van der Waals surface area contributed by atoms with E-state index in [0.717, 1.165) is 25.7 Å². The molecule has 0 radical (unpaired) electrons. The maximum Gasteiger partial charge on any atom is 0.216 e. The smallest absolute Gasteiger partial charge is 0.216 e. The predicted octanol–water partition coefficient (Wildman–Crippen LogP) is 0.823. The van der Waals surface area contributed by atoms with Gasteiger partial charge < -0.3 is 5.11 Å². The Bertz CT molecular complexity index is 350. The second-order valence-electron chi connectivity index (χ2n) is 5.08. The van der Waals surface area contributed by atoms with Crippen LogP contribution >= 0.6 is 0 Å². The van der Waals surface area contributed by atoms with Gasteiger partial charge in [0, 0.05) is 5.41 Å². The zero-order valence-electron chi connectivity index (χ0n) is 9.23. The average Bonchev–Trinajstić information content (AvgIpc) is 2.97. The van der Waals surface area contributed by atoms with Gasteiger partial charge >= 0.3 is 0 Å². The minimum atomic E-state index is -3.26. The van der Waals surface area contributed by atoms with Crippen molar-refractivity contribution < 1.29 is 13.5 Å². The lowest BCUT2D eigenvalue weighted by Gasteiger charge is -2.20. The summed E-state index contributed by atoms with van der Waals surface area (Å²) in [7, 11) is -3.26. The van der Waals surface area contributed by atoms with Crippen molar-refractivity contribution in [2.45, 2.75) is 51.0 Å². The molecule has 0 saturated heterocycles. The highest BCUT2D eigenvalue weighted by Gasteiger charge is 2.55. The highest BCUT2D eigenvalue weighted by molar-refractivity contribution is 7.90. The fourth-order valence-electron chi connectivity index (χ4n) is 2.18. The second kappa shape index (κ2) is 3.43. The van der Waals surface area contributed by atoms with Crippen LogP contribution in [0.1, 0.15) is 39.5 Å². The summed E-state index contributed by atoms with van der Waals surface area (Å²) in [6.07, 6.45) is 2.47. The molecule has 2 saturated carbocycles. The van der Waals surface area contributed by atoms with Crippen molar-refractivity contribution in [3.63, 3.8) is 0 Å². The van der Waals surface area contributed by atoms with E-state index < -0.39 is 16.3 Å². The largest absolute Gasteiger partial charge is 0.377 e. The van der Waals surface area contributed by atoms with Crippen LogP contribution in [0.3, 0.4) is 0 Å². The lowest BCUT2D eigenvalue weighted by Crippen LogP contribution is -2.42. The molecule has 0 aliphatic heterocycles. The van der Waals surface area contributed by atoms with Crippen molar-refractivity contribution in [3.8, 4) is 0 Å². The van der Waals surface area contributed by atoms with Gasteiger partial charge in [-0.2, -0.15) is 4.72 Å². The van der Waals surface area contributed by atoms with Crippen molar-refractivity contribution in [2.75, 3.05) is 0 Å². The molecule has 0 heterocycles. The van der Waals surface area contributed by atoms with E-state index in [0.29, 0.717) is 5.92 Å². The van der Waals surface area contributed by atoms with E-state index in [9.17, 15) is 13.5 Å². The number of aliphatic hydroxyl groups is 1. The lowest BCUT2D eigenvalue weighted by atomic mass is 10.0. The fraction of sp³-hybridized carbons (Fsp3) is 1.00. The maximum atomic E-state index is 11.6. The van der Waals surface area contributed by atoms with Gasteiger partial charge in [0.15, 0.2) is 0 Å². The summed E-state index contributed by atoms with van der Waals surface area (Å²) >= 11 is 0. The van der Waals surface area contributed by atoms with Crippen molar-refractivity contribution >= 4 is 10.0 Å². The van der Waals surface area contributed by atoms with Crippen molar-refractivity contribution in [3.05, 3.63) is 0 Å². The summed E-state index contributed by atoms with van der Waals surface area (Å²) in [5.74, 6) is 0.453. The van der Waals surface area contributed by atoms with Crippen LogP contribution in [0.25, 0.3) is 0 Å². The Balaban J connectivity index is 1.95. The lowest BCUT2D eigenvalue weighted by molar-refractivity contribution is 0.0825. The monoisotopic (exact) mass is 233 g/mol. The molecule has 0 spiro atoms. The first kappa shape index (κ1) is 11.4. The van der Waals surface area contributed by atoms with Crippen LogP contribution in [-0.4, -0.2) is 25.0 Å². The van der Waals surface area contributed by atoms with Gasteiger partial charge in [-0.15, -0.1) is 0 Å². The van der Waals surface area contributed by atoms with Gasteiger partial charge in [-0.25, -0.2) is 8.42 Å². The molecular weight excluding hydrogens is 214 g/mol. The highest BCUT2D eigenvalue weighted by Crippen LogP contribution is 2.56. The zero-order chi connectivity index (χ0) is 11.3. The Hall–Kier alpha value is -0.130. The van der Waals surface area contributed by atoms with Crippen LogP contribution in [0.4, 0.5) is 0 Å². The van der Waals surface area contributed by atoms with Crippen LogP contribution in [0.5, 0.6) is 0 Å². The van der Waals surface area contributed by atoms with Gasteiger partial charge in [-0.05, 0) is 25.2 Å². The maximum absolute atomic E-state index is 11.6. The molecule has 3 atom stereocenters. The van der Waals surface area contributed by atoms with E-state index in [1.165, 1.54) is 0 Å². The normalized spacial score (nSPS) is 37.7. The summed E-state index contributed by atoms with van der Waals surface area (Å²) in [6.45, 7) is 4.01. The Morgan fingerprint density at radius 2 is 2.13 bits per heavy atom. The Morgan fingerprint density at radius 3 is 2.53 bits per heavy atom. The molecule has 15 heavy (non-hydrogen) atoms. The molecule has 2 N–H and O–H groups in total. The quantitative estimate of drug-likeness (QED) is 0.691. The summed E-state index contributed by atoms with van der Waals surface area (Å²) in [5.41, 5.74) is -0.239. The van der Waals surface area contributed by atoms with Gasteiger partial charge in [-0.1, -0.05) is 20.3 Å². The first-order valence-electron chi connectivity index (χ1n) is 5.59. The predicted molar refractivity (Wildman–Crippen MR) is 57.6 cm³/mol. The number of rotatable bonds is 5. The second-order valence-corrected chi connectivity index (χ2v) is 7.07. The molecule has 2 aliphatic rings. The van der Waals surface area contributed by atoms with Crippen LogP contribution in [0.2, 0.25) is 0 Å². The van der Waals surface area contributed by atoms with Gasteiger partial charge in [0.1, 0.15) is 6.23 Å². The van der Waals surface area contributed by atoms with Gasteiger partial charge in [0.2, 0.25) is 10.0 Å². The third-order valence-electron chi connectivity index (χ3n) is 3.82. The average molecular weight is 233 g/mol. The molecule has 2 rings (SSSR count). The summed E-state index contributed by atoms with van der Waals surface area (Å²) in [6, 6.07) is 0. The minimum Gasteiger partial charge on any atom is -0.377 e. The number of hydrogen-bond donors (Lipinski definition) is 2. The third-order valence-corrected chi connectivity index (χ3v) is 5.72. The Labute approximate surface area is 91.1 Å². The first-order valence-corrected chi connectivity index (χ1v) is 7.14. The topological polar surface area (TPSA) is 66.4 Å². The number of aliphatic hydroxyl groups excluding tert-OH is 1. The molecule has 2 fully saturated rings. The molecule has 88 valence electrons. The molecule has 4 nitrogen and oxygen atoms in total. The molecule has 2 aliphatic carbocycles. The van der Waals surface area contributed by atoms with E-state index >= 15 is 0 Å². The van der Waals surface area contributed by atoms with Crippen LogP contribution in [0.15, 0.2) is 0 Å². The van der Waals surface area contributed by atoms with Crippen LogP contribution in [-0.2, 0) is 10.0 Å². The van der Waals surface area contributed by atoms with E-state index in [-0.39, 0.29) is 10.7 Å². The number of nitrogens with one attached hydrogen (secondary N) is 1. The first-order chi connectivity index (χ1) is 6.90. The van der Waals surface area contributed by atoms with Crippen molar-refractivity contribution in [1.82, 2.24) is 4.72 Å². The van der Waals surface area contributed by atoms with E-state index in [4.69, 9.17) is 0 Å². The van der Waals surface area contributed by atoms with Gasteiger partial charge in [-0.3, -0.25) is 0 Å².